The summed E-state index contributed by atoms with van der Waals surface area (Å²) in [6.07, 6.45) is 0.419. The molecule has 3 rings (SSSR count). The number of ether oxygens (including phenoxy) is 1. The van der Waals surface area contributed by atoms with Gasteiger partial charge >= 0.3 is 0 Å². The van der Waals surface area contributed by atoms with Crippen molar-refractivity contribution in [1.82, 2.24) is 10.6 Å². The normalized spacial score (nSPS) is 13.9. The minimum absolute atomic E-state index is 0.166. The molecule has 7 heteroatoms. The Hall–Kier alpha value is -2.64. The number of hydrogen-bond acceptors (Lipinski definition) is 5. The Morgan fingerprint density at radius 2 is 1.55 bits per heavy atom. The van der Waals surface area contributed by atoms with Crippen LogP contribution in [0.2, 0.25) is 0 Å². The highest BCUT2D eigenvalue weighted by atomic mass is 32.2. The standard InChI is InChI=1S/C18H16N2O3S.C2H6O.2C2H6/c21-16(19-11-12-5-2-1-3-6-12)14-8-4-7-13(9-14)10-15-17(22)20-18(23)24-15;1-3-2;2*1-2/h1-9,15H,10-11H2,(H,19,21)(H,20,22,23);1-2H3;2*1-2H3. The molecule has 31 heavy (non-hydrogen) atoms. The molecule has 1 fully saturated rings. The van der Waals surface area contributed by atoms with Crippen LogP contribution in [0, 0.1) is 0 Å². The van der Waals surface area contributed by atoms with Gasteiger partial charge in [-0.25, -0.2) is 0 Å². The quantitative estimate of drug-likeness (QED) is 0.687. The SMILES string of the molecule is CC.CC.COC.O=C1NC(=O)C(Cc2cccc(C(=O)NCc3ccccc3)c2)S1. The summed E-state index contributed by atoms with van der Waals surface area (Å²) in [6, 6.07) is 16.8. The summed E-state index contributed by atoms with van der Waals surface area (Å²) in [5.74, 6) is -0.441. The van der Waals surface area contributed by atoms with Crippen molar-refractivity contribution in [2.75, 3.05) is 14.2 Å². The number of amides is 3. The van der Waals surface area contributed by atoms with Crippen molar-refractivity contribution in [2.24, 2.45) is 0 Å². The van der Waals surface area contributed by atoms with Crippen molar-refractivity contribution in [3.8, 4) is 0 Å². The first-order chi connectivity index (χ1) is 15.0. The molecular formula is C24H34N2O4S. The Bertz CT molecular complexity index is 797. The lowest BCUT2D eigenvalue weighted by molar-refractivity contribution is -0.118. The second-order valence-electron chi connectivity index (χ2n) is 5.86. The molecule has 2 N–H and O–H groups in total. The Labute approximate surface area is 190 Å². The number of methoxy groups -OCH3 is 1. The molecule has 1 aliphatic rings. The number of imide groups is 1. The van der Waals surface area contributed by atoms with Crippen LogP contribution in [-0.2, 0) is 22.5 Å². The van der Waals surface area contributed by atoms with E-state index in [2.05, 4.69) is 15.4 Å². The van der Waals surface area contributed by atoms with Crippen LogP contribution < -0.4 is 10.6 Å². The Balaban J connectivity index is 0.00000116. The average Bonchev–Trinajstić information content (AvgIpc) is 3.12. The van der Waals surface area contributed by atoms with E-state index < -0.39 is 5.25 Å². The summed E-state index contributed by atoms with van der Waals surface area (Å²) in [5, 5.41) is 4.39. The summed E-state index contributed by atoms with van der Waals surface area (Å²) in [4.78, 5) is 35.1. The fourth-order valence-corrected chi connectivity index (χ4v) is 3.32. The van der Waals surface area contributed by atoms with Crippen LogP contribution in [0.5, 0.6) is 0 Å². The van der Waals surface area contributed by atoms with Gasteiger partial charge in [-0.3, -0.25) is 19.7 Å². The molecule has 0 saturated carbocycles. The minimum Gasteiger partial charge on any atom is -0.388 e. The molecule has 6 nitrogen and oxygen atoms in total. The molecule has 170 valence electrons. The minimum atomic E-state index is -0.430. The van der Waals surface area contributed by atoms with Crippen molar-refractivity contribution >= 4 is 28.8 Å². The van der Waals surface area contributed by atoms with E-state index in [-0.39, 0.29) is 17.1 Å². The van der Waals surface area contributed by atoms with E-state index in [1.165, 1.54) is 0 Å². The van der Waals surface area contributed by atoms with Crippen molar-refractivity contribution < 1.29 is 19.1 Å². The van der Waals surface area contributed by atoms with Gasteiger partial charge in [-0.05, 0) is 29.7 Å². The van der Waals surface area contributed by atoms with E-state index in [1.807, 2.05) is 64.1 Å². The maximum Gasteiger partial charge on any atom is 0.286 e. The van der Waals surface area contributed by atoms with Crippen molar-refractivity contribution in [3.05, 3.63) is 71.3 Å². The van der Waals surface area contributed by atoms with E-state index in [1.54, 1.807) is 32.4 Å². The summed E-state index contributed by atoms with van der Waals surface area (Å²) < 4.78 is 4.25. The smallest absolute Gasteiger partial charge is 0.286 e. The summed E-state index contributed by atoms with van der Waals surface area (Å²) in [6.45, 7) is 8.46. The van der Waals surface area contributed by atoms with Crippen LogP contribution in [0.15, 0.2) is 54.6 Å². The zero-order valence-electron chi connectivity index (χ0n) is 19.2. The summed E-state index contributed by atoms with van der Waals surface area (Å²) in [7, 11) is 3.25. The molecule has 0 spiro atoms. The van der Waals surface area contributed by atoms with Gasteiger partial charge in [0.1, 0.15) is 0 Å². The van der Waals surface area contributed by atoms with Crippen molar-refractivity contribution in [2.45, 2.75) is 45.9 Å². The van der Waals surface area contributed by atoms with Crippen LogP contribution in [0.25, 0.3) is 0 Å². The molecular weight excluding hydrogens is 412 g/mol. The van der Waals surface area contributed by atoms with Gasteiger partial charge in [0.05, 0.1) is 5.25 Å². The third kappa shape index (κ3) is 10.8. The topological polar surface area (TPSA) is 84.5 Å². The number of rotatable bonds is 5. The first-order valence-electron chi connectivity index (χ1n) is 10.4. The third-order valence-electron chi connectivity index (χ3n) is 3.67. The Morgan fingerprint density at radius 1 is 0.968 bits per heavy atom. The van der Waals surface area contributed by atoms with Gasteiger partial charge in [0.25, 0.3) is 11.1 Å². The van der Waals surface area contributed by atoms with Gasteiger partial charge in [-0.15, -0.1) is 0 Å². The number of benzene rings is 2. The molecule has 1 unspecified atom stereocenters. The number of carbonyl (C=O) groups excluding carboxylic acids is 3. The van der Waals surface area contributed by atoms with Crippen LogP contribution in [0.1, 0.15) is 49.2 Å². The maximum atomic E-state index is 12.3. The molecule has 0 bridgehead atoms. The van der Waals surface area contributed by atoms with Crippen LogP contribution in [0.3, 0.4) is 0 Å². The first kappa shape index (κ1) is 28.4. The maximum absolute atomic E-state index is 12.3. The predicted octanol–water partition coefficient (Wildman–Crippen LogP) is 4.83. The van der Waals surface area contributed by atoms with E-state index in [0.717, 1.165) is 22.9 Å². The Kier molecular flexibility index (Phi) is 15.6. The molecule has 0 aromatic heterocycles. The zero-order valence-corrected chi connectivity index (χ0v) is 20.0. The fourth-order valence-electron chi connectivity index (χ4n) is 2.46. The predicted molar refractivity (Wildman–Crippen MR) is 128 cm³/mol. The van der Waals surface area contributed by atoms with Gasteiger partial charge < -0.3 is 10.1 Å². The molecule has 1 heterocycles. The molecule has 0 aliphatic carbocycles. The van der Waals surface area contributed by atoms with Gasteiger partial charge in [0, 0.05) is 26.3 Å². The van der Waals surface area contributed by atoms with E-state index in [9.17, 15) is 14.4 Å². The number of hydrogen-bond donors (Lipinski definition) is 2. The van der Waals surface area contributed by atoms with Crippen LogP contribution in [-0.4, -0.2) is 36.5 Å². The number of thioether (sulfide) groups is 1. The van der Waals surface area contributed by atoms with Gasteiger partial charge in [-0.2, -0.15) is 0 Å². The second kappa shape index (κ2) is 17.1. The second-order valence-corrected chi connectivity index (χ2v) is 7.04. The number of nitrogens with one attached hydrogen (secondary N) is 2. The highest BCUT2D eigenvalue weighted by Crippen LogP contribution is 2.23. The molecule has 1 atom stereocenters. The molecule has 0 radical (unpaired) electrons. The highest BCUT2D eigenvalue weighted by molar-refractivity contribution is 8.15. The summed E-state index contributed by atoms with van der Waals surface area (Å²) in [5.41, 5.74) is 2.42. The first-order valence-corrected chi connectivity index (χ1v) is 11.2. The fraction of sp³-hybridized carbons (Fsp3) is 0.375. The van der Waals surface area contributed by atoms with Crippen LogP contribution >= 0.6 is 11.8 Å². The lowest BCUT2D eigenvalue weighted by Gasteiger charge is -2.09. The van der Waals surface area contributed by atoms with Gasteiger partial charge in [-0.1, -0.05) is 81.9 Å². The molecule has 2 aromatic carbocycles. The van der Waals surface area contributed by atoms with E-state index in [4.69, 9.17) is 0 Å². The van der Waals surface area contributed by atoms with Gasteiger partial charge in [0.15, 0.2) is 0 Å². The lowest BCUT2D eigenvalue weighted by atomic mass is 10.1. The summed E-state index contributed by atoms with van der Waals surface area (Å²) >= 11 is 0.990. The highest BCUT2D eigenvalue weighted by Gasteiger charge is 2.31. The van der Waals surface area contributed by atoms with Crippen molar-refractivity contribution in [1.29, 1.82) is 0 Å². The molecule has 1 saturated heterocycles. The lowest BCUT2D eigenvalue weighted by Crippen LogP contribution is -2.25. The number of carbonyl (C=O) groups is 3. The zero-order chi connectivity index (χ0) is 23.6. The monoisotopic (exact) mass is 446 g/mol. The molecule has 1 aliphatic heterocycles. The Morgan fingerprint density at radius 3 is 2.10 bits per heavy atom. The average molecular weight is 447 g/mol. The van der Waals surface area contributed by atoms with Crippen molar-refractivity contribution in [3.63, 3.8) is 0 Å². The molecule has 3 amide bonds. The molecule has 2 aromatic rings. The van der Waals surface area contributed by atoms with Crippen LogP contribution in [0.4, 0.5) is 4.79 Å². The van der Waals surface area contributed by atoms with E-state index in [0.29, 0.717) is 18.5 Å². The van der Waals surface area contributed by atoms with Gasteiger partial charge in [0.2, 0.25) is 5.91 Å². The largest absolute Gasteiger partial charge is 0.388 e. The van der Waals surface area contributed by atoms with E-state index >= 15 is 0 Å². The third-order valence-corrected chi connectivity index (χ3v) is 4.65.